The zero-order chi connectivity index (χ0) is 17.2. The third-order valence-corrected chi connectivity index (χ3v) is 5.72. The van der Waals surface area contributed by atoms with Crippen molar-refractivity contribution in [2.24, 2.45) is 0 Å². The zero-order valence-electron chi connectivity index (χ0n) is 15.3. The predicted molar refractivity (Wildman–Crippen MR) is 108 cm³/mol. The number of rotatable bonds is 1. The summed E-state index contributed by atoms with van der Waals surface area (Å²) in [5.74, 6) is 0.580. The Kier molecular flexibility index (Phi) is 4.48. The summed E-state index contributed by atoms with van der Waals surface area (Å²) >= 11 is 0. The van der Waals surface area contributed by atoms with Crippen molar-refractivity contribution in [1.82, 2.24) is 0 Å². The first-order chi connectivity index (χ1) is 12.2. The molecule has 0 spiro atoms. The summed E-state index contributed by atoms with van der Waals surface area (Å²) in [6, 6.07) is 15.9. The second-order valence-electron chi connectivity index (χ2n) is 7.48. The van der Waals surface area contributed by atoms with Crippen LogP contribution in [0.2, 0.25) is 0 Å². The Balaban J connectivity index is 1.71. The number of aryl methyl sites for hydroxylation is 1. The largest absolute Gasteiger partial charge is 0.384 e. The third-order valence-electron chi connectivity index (χ3n) is 5.72. The number of nitrogens with one attached hydrogen (secondary N) is 1. The van der Waals surface area contributed by atoms with E-state index in [4.69, 9.17) is 0 Å². The molecule has 2 aliphatic rings. The molecule has 4 rings (SSSR count). The first-order valence-corrected chi connectivity index (χ1v) is 9.53. The lowest BCUT2D eigenvalue weighted by Crippen LogP contribution is -2.01. The van der Waals surface area contributed by atoms with E-state index >= 15 is 0 Å². The Morgan fingerprint density at radius 1 is 0.960 bits per heavy atom. The molecule has 128 valence electrons. The molecule has 0 bridgehead atoms. The molecular formula is C24H27N. The molecule has 0 saturated carbocycles. The Labute approximate surface area is 151 Å². The van der Waals surface area contributed by atoms with Gasteiger partial charge in [-0.2, -0.15) is 0 Å². The summed E-state index contributed by atoms with van der Waals surface area (Å²) < 4.78 is 0. The van der Waals surface area contributed by atoms with Gasteiger partial charge in [0.25, 0.3) is 0 Å². The van der Waals surface area contributed by atoms with Crippen molar-refractivity contribution in [3.05, 3.63) is 82.4 Å². The number of hydrogen-bond acceptors (Lipinski definition) is 1. The van der Waals surface area contributed by atoms with Gasteiger partial charge in [-0.05, 0) is 78.5 Å². The quantitative estimate of drug-likeness (QED) is 0.664. The van der Waals surface area contributed by atoms with Gasteiger partial charge < -0.3 is 5.32 Å². The number of anilines is 1. The van der Waals surface area contributed by atoms with E-state index in [1.54, 1.807) is 0 Å². The molecule has 1 heteroatoms. The maximum absolute atomic E-state index is 3.46. The minimum atomic E-state index is 0.580. The van der Waals surface area contributed by atoms with Crippen LogP contribution in [-0.4, -0.2) is 6.54 Å². The molecule has 0 radical (unpaired) electrons. The summed E-state index contributed by atoms with van der Waals surface area (Å²) in [7, 11) is 0. The molecule has 0 saturated heterocycles. The second-order valence-corrected chi connectivity index (χ2v) is 7.48. The average Bonchev–Trinajstić information content (AvgIpc) is 3.10. The number of benzene rings is 2. The van der Waals surface area contributed by atoms with E-state index in [2.05, 4.69) is 73.8 Å². The lowest BCUT2D eigenvalue weighted by molar-refractivity contribution is 0.758. The molecule has 25 heavy (non-hydrogen) atoms. The molecule has 2 aromatic carbocycles. The van der Waals surface area contributed by atoms with Crippen LogP contribution in [0.4, 0.5) is 5.69 Å². The van der Waals surface area contributed by atoms with Crippen LogP contribution in [-0.2, 0) is 12.8 Å². The van der Waals surface area contributed by atoms with E-state index in [1.807, 2.05) is 0 Å². The van der Waals surface area contributed by atoms with Gasteiger partial charge in [0.2, 0.25) is 0 Å². The van der Waals surface area contributed by atoms with E-state index < -0.39 is 0 Å². The molecule has 1 N–H and O–H groups in total. The van der Waals surface area contributed by atoms with Crippen LogP contribution in [0.25, 0.3) is 5.57 Å². The first-order valence-electron chi connectivity index (χ1n) is 9.53. The summed E-state index contributed by atoms with van der Waals surface area (Å²) in [5, 5.41) is 3.46. The molecule has 0 amide bonds. The van der Waals surface area contributed by atoms with Crippen molar-refractivity contribution >= 4 is 11.3 Å². The highest BCUT2D eigenvalue weighted by atomic mass is 14.9. The van der Waals surface area contributed by atoms with Crippen LogP contribution < -0.4 is 5.32 Å². The summed E-state index contributed by atoms with van der Waals surface area (Å²) in [6.45, 7) is 5.72. The molecule has 1 nitrogen and oxygen atoms in total. The monoisotopic (exact) mass is 329 g/mol. The molecule has 1 aliphatic carbocycles. The Morgan fingerprint density at radius 3 is 2.76 bits per heavy atom. The highest BCUT2D eigenvalue weighted by molar-refractivity contribution is 5.78. The minimum absolute atomic E-state index is 0.580. The third kappa shape index (κ3) is 3.28. The van der Waals surface area contributed by atoms with Crippen molar-refractivity contribution in [2.75, 3.05) is 11.9 Å². The van der Waals surface area contributed by atoms with Crippen molar-refractivity contribution in [3.63, 3.8) is 0 Å². The van der Waals surface area contributed by atoms with Gasteiger partial charge >= 0.3 is 0 Å². The standard InChI is InChI=1S/C24H27N/c1-17-6-5-9-23(20-12-13-24-21(16-20)14-15-25-24)18(2)10-11-19-7-3-4-8-22(17)19/h3-5,7-9,12-13,16-17,25H,6,10-11,14-15H2,1-2H3/b9-5+,23-18-. The lowest BCUT2D eigenvalue weighted by Gasteiger charge is -2.18. The highest BCUT2D eigenvalue weighted by Gasteiger charge is 2.14. The van der Waals surface area contributed by atoms with E-state index in [0.29, 0.717) is 5.92 Å². The van der Waals surface area contributed by atoms with E-state index in [9.17, 15) is 0 Å². The van der Waals surface area contributed by atoms with Gasteiger partial charge in [0, 0.05) is 12.2 Å². The Morgan fingerprint density at radius 2 is 1.84 bits per heavy atom. The average molecular weight is 329 g/mol. The SMILES string of the molecule is C/C1=C(c2ccc3c(c2)CCN3)\C=C\CC(C)c2ccccc2CC1. The molecule has 2 aromatic rings. The van der Waals surface area contributed by atoms with Gasteiger partial charge in [-0.3, -0.25) is 0 Å². The Bertz CT molecular complexity index is 841. The van der Waals surface area contributed by atoms with Crippen molar-refractivity contribution in [2.45, 2.75) is 45.4 Å². The van der Waals surface area contributed by atoms with Crippen LogP contribution in [0.1, 0.15) is 54.9 Å². The molecule has 0 aromatic heterocycles. The van der Waals surface area contributed by atoms with Crippen molar-refractivity contribution in [3.8, 4) is 0 Å². The van der Waals surface area contributed by atoms with Gasteiger partial charge in [-0.1, -0.05) is 55.0 Å². The van der Waals surface area contributed by atoms with Crippen LogP contribution >= 0.6 is 0 Å². The van der Waals surface area contributed by atoms with Crippen molar-refractivity contribution < 1.29 is 0 Å². The van der Waals surface area contributed by atoms with Gasteiger partial charge in [0.15, 0.2) is 0 Å². The second kappa shape index (κ2) is 6.92. The van der Waals surface area contributed by atoms with Gasteiger partial charge in [0.1, 0.15) is 0 Å². The maximum Gasteiger partial charge on any atom is 0.0373 e. The Hall–Kier alpha value is -2.28. The fourth-order valence-electron chi connectivity index (χ4n) is 4.17. The van der Waals surface area contributed by atoms with Crippen LogP contribution in [0.3, 0.4) is 0 Å². The first kappa shape index (κ1) is 16.2. The lowest BCUT2D eigenvalue weighted by atomic mass is 9.87. The predicted octanol–water partition coefficient (Wildman–Crippen LogP) is 6.12. The van der Waals surface area contributed by atoms with E-state index in [1.165, 1.54) is 39.1 Å². The topological polar surface area (TPSA) is 12.0 Å². The fraction of sp³-hybridized carbons (Fsp3) is 0.333. The van der Waals surface area contributed by atoms with E-state index in [-0.39, 0.29) is 0 Å². The summed E-state index contributed by atoms with van der Waals surface area (Å²) in [5.41, 5.74) is 10.1. The van der Waals surface area contributed by atoms with Crippen LogP contribution in [0.15, 0.2) is 60.2 Å². The molecule has 0 fully saturated rings. The van der Waals surface area contributed by atoms with Crippen LogP contribution in [0.5, 0.6) is 0 Å². The summed E-state index contributed by atoms with van der Waals surface area (Å²) in [4.78, 5) is 0. The molecule has 1 unspecified atom stereocenters. The van der Waals surface area contributed by atoms with E-state index in [0.717, 1.165) is 32.2 Å². The molecule has 1 aliphatic heterocycles. The minimum Gasteiger partial charge on any atom is -0.384 e. The van der Waals surface area contributed by atoms with Crippen molar-refractivity contribution in [1.29, 1.82) is 0 Å². The maximum atomic E-state index is 3.46. The number of fused-ring (bicyclic) bond motifs is 2. The number of hydrogen-bond donors (Lipinski definition) is 1. The zero-order valence-corrected chi connectivity index (χ0v) is 15.3. The van der Waals surface area contributed by atoms with Gasteiger partial charge in [-0.15, -0.1) is 0 Å². The molecule has 1 heterocycles. The normalized spacial score (nSPS) is 24.2. The van der Waals surface area contributed by atoms with Gasteiger partial charge in [0.05, 0.1) is 0 Å². The van der Waals surface area contributed by atoms with Gasteiger partial charge in [-0.25, -0.2) is 0 Å². The number of allylic oxidation sites excluding steroid dienone is 4. The summed E-state index contributed by atoms with van der Waals surface area (Å²) in [6.07, 6.45) is 9.24. The fourth-order valence-corrected chi connectivity index (χ4v) is 4.17. The molecular weight excluding hydrogens is 302 g/mol. The van der Waals surface area contributed by atoms with Crippen LogP contribution in [0, 0.1) is 0 Å². The highest BCUT2D eigenvalue weighted by Crippen LogP contribution is 2.32. The smallest absolute Gasteiger partial charge is 0.0373 e. The molecule has 1 atom stereocenters.